The number of esters is 1. The fraction of sp³-hybridized carbons (Fsp3) is 0.357. The molecule has 3 aromatic rings. The summed E-state index contributed by atoms with van der Waals surface area (Å²) in [6.45, 7) is 8.16. The number of benzene rings is 2. The summed E-state index contributed by atoms with van der Waals surface area (Å²) in [6, 6.07) is 24.1. The number of nitrogens with zero attached hydrogens (tertiary/aromatic N) is 1. The Morgan fingerprint density at radius 2 is 1.39 bits per heavy atom. The van der Waals surface area contributed by atoms with E-state index in [1.165, 1.54) is 5.56 Å². The first kappa shape index (κ1) is 22.7. The van der Waals surface area contributed by atoms with Crippen LogP contribution < -0.4 is 0 Å². The minimum Gasteiger partial charge on any atom is -0.449 e. The quantitative estimate of drug-likeness (QED) is 0.357. The van der Waals surface area contributed by atoms with Crippen LogP contribution in [-0.2, 0) is 15.1 Å². The van der Waals surface area contributed by atoms with Gasteiger partial charge < -0.3 is 4.74 Å². The van der Waals surface area contributed by atoms with E-state index < -0.39 is 11.0 Å². The monoisotopic (exact) mass is 415 g/mol. The molecule has 31 heavy (non-hydrogen) atoms. The number of carbonyl (C=O) groups excluding carboxylic acids is 1. The van der Waals surface area contributed by atoms with Crippen LogP contribution in [0.3, 0.4) is 0 Å². The summed E-state index contributed by atoms with van der Waals surface area (Å²) in [6.07, 6.45) is 6.38. The lowest BCUT2D eigenvalue weighted by atomic mass is 9.81. The van der Waals surface area contributed by atoms with E-state index >= 15 is 0 Å². The zero-order valence-corrected chi connectivity index (χ0v) is 19.0. The molecule has 0 spiro atoms. The topological polar surface area (TPSA) is 39.2 Å². The highest BCUT2D eigenvalue weighted by Crippen LogP contribution is 2.38. The molecule has 2 aromatic carbocycles. The first-order valence-electron chi connectivity index (χ1n) is 11.1. The third-order valence-electron chi connectivity index (χ3n) is 6.29. The number of aromatic nitrogens is 1. The number of pyridine rings is 1. The predicted octanol–water partition coefficient (Wildman–Crippen LogP) is 6.89. The van der Waals surface area contributed by atoms with E-state index in [4.69, 9.17) is 4.74 Å². The molecule has 3 heteroatoms. The van der Waals surface area contributed by atoms with Gasteiger partial charge in [-0.05, 0) is 74.8 Å². The summed E-state index contributed by atoms with van der Waals surface area (Å²) in [4.78, 5) is 17.6. The molecule has 0 aliphatic carbocycles. The van der Waals surface area contributed by atoms with Crippen LogP contribution in [0.4, 0.5) is 0 Å². The molecule has 0 radical (unpaired) electrons. The van der Waals surface area contributed by atoms with E-state index in [1.54, 1.807) is 0 Å². The Bertz CT molecular complexity index is 913. The fourth-order valence-electron chi connectivity index (χ4n) is 4.00. The summed E-state index contributed by atoms with van der Waals surface area (Å²) in [5.41, 5.74) is 1.78. The largest absolute Gasteiger partial charge is 0.449 e. The van der Waals surface area contributed by atoms with E-state index in [9.17, 15) is 4.79 Å². The van der Waals surface area contributed by atoms with Crippen molar-refractivity contribution in [1.29, 1.82) is 0 Å². The van der Waals surface area contributed by atoms with E-state index in [2.05, 4.69) is 24.0 Å². The molecule has 0 aliphatic heterocycles. The molecule has 0 fully saturated rings. The highest BCUT2D eigenvalue weighted by atomic mass is 16.6. The molecule has 0 amide bonds. The maximum atomic E-state index is 13.4. The molecule has 0 saturated carbocycles. The molecule has 162 valence electrons. The third-order valence-corrected chi connectivity index (χ3v) is 6.29. The van der Waals surface area contributed by atoms with Crippen molar-refractivity contribution >= 4 is 5.97 Å². The molecule has 3 rings (SSSR count). The van der Waals surface area contributed by atoms with Crippen molar-refractivity contribution in [3.63, 3.8) is 0 Å². The SMILES string of the molecule is CCC(CCC(C)(C)C(=O)OC(C)(c1ccccc1)c1ccccc1)c1ccncc1. The Hall–Kier alpha value is -2.94. The van der Waals surface area contributed by atoms with Crippen molar-refractivity contribution in [1.82, 2.24) is 4.98 Å². The number of hydrogen-bond donors (Lipinski definition) is 0. The standard InChI is InChI=1S/C28H33NO2/c1-5-22(23-17-20-29-21-18-23)16-19-27(2,3)26(30)31-28(4,24-12-8-6-9-13-24)25-14-10-7-11-15-25/h6-15,17-18,20-22H,5,16,19H2,1-4H3. The molecule has 1 unspecified atom stereocenters. The van der Waals surface area contributed by atoms with Crippen LogP contribution in [0.1, 0.15) is 69.6 Å². The van der Waals surface area contributed by atoms with Crippen molar-refractivity contribution < 1.29 is 9.53 Å². The fourth-order valence-corrected chi connectivity index (χ4v) is 4.00. The molecule has 1 aromatic heterocycles. The lowest BCUT2D eigenvalue weighted by Crippen LogP contribution is -2.37. The first-order valence-corrected chi connectivity index (χ1v) is 11.1. The third kappa shape index (κ3) is 5.41. The maximum absolute atomic E-state index is 13.4. The van der Waals surface area contributed by atoms with Gasteiger partial charge in [-0.25, -0.2) is 0 Å². The zero-order valence-electron chi connectivity index (χ0n) is 19.0. The van der Waals surface area contributed by atoms with Crippen molar-refractivity contribution in [2.24, 2.45) is 5.41 Å². The Morgan fingerprint density at radius 3 is 1.87 bits per heavy atom. The van der Waals surface area contributed by atoms with Crippen molar-refractivity contribution in [3.8, 4) is 0 Å². The number of hydrogen-bond acceptors (Lipinski definition) is 3. The van der Waals surface area contributed by atoms with Gasteiger partial charge in [0.05, 0.1) is 5.41 Å². The van der Waals surface area contributed by atoms with Gasteiger partial charge in [0.1, 0.15) is 0 Å². The Kier molecular flexibility index (Phi) is 7.27. The van der Waals surface area contributed by atoms with Gasteiger partial charge in [-0.15, -0.1) is 0 Å². The van der Waals surface area contributed by atoms with Gasteiger partial charge in [0.2, 0.25) is 0 Å². The lowest BCUT2D eigenvalue weighted by Gasteiger charge is -2.35. The second-order valence-corrected chi connectivity index (χ2v) is 8.96. The number of rotatable bonds is 9. The van der Waals surface area contributed by atoms with Crippen LogP contribution >= 0.6 is 0 Å². The normalized spacial score (nSPS) is 12.9. The van der Waals surface area contributed by atoms with Crippen molar-refractivity contribution in [3.05, 3.63) is 102 Å². The summed E-state index contributed by atoms with van der Waals surface area (Å²) in [5, 5.41) is 0. The van der Waals surface area contributed by atoms with Crippen molar-refractivity contribution in [2.45, 2.75) is 58.5 Å². The number of carbonyl (C=O) groups is 1. The molecule has 1 heterocycles. The minimum absolute atomic E-state index is 0.174. The smallest absolute Gasteiger partial charge is 0.312 e. The van der Waals surface area contributed by atoms with Crippen LogP contribution in [0.15, 0.2) is 85.2 Å². The zero-order chi connectivity index (χ0) is 22.3. The summed E-state index contributed by atoms with van der Waals surface area (Å²) < 4.78 is 6.30. The molecule has 0 saturated heterocycles. The van der Waals surface area contributed by atoms with E-state index in [-0.39, 0.29) is 5.97 Å². The second kappa shape index (κ2) is 9.91. The molecule has 3 nitrogen and oxygen atoms in total. The highest BCUT2D eigenvalue weighted by Gasteiger charge is 2.39. The van der Waals surface area contributed by atoms with Crippen LogP contribution in [0.5, 0.6) is 0 Å². The Morgan fingerprint density at radius 1 is 0.871 bits per heavy atom. The van der Waals surface area contributed by atoms with Crippen LogP contribution in [0.2, 0.25) is 0 Å². The molecule has 1 atom stereocenters. The lowest BCUT2D eigenvalue weighted by molar-refractivity contribution is -0.166. The average molecular weight is 416 g/mol. The first-order chi connectivity index (χ1) is 14.9. The molecule has 0 bridgehead atoms. The van der Waals surface area contributed by atoms with Gasteiger partial charge in [0.15, 0.2) is 5.60 Å². The molecule has 0 aliphatic rings. The highest BCUT2D eigenvalue weighted by molar-refractivity contribution is 5.77. The Labute approximate surface area is 186 Å². The predicted molar refractivity (Wildman–Crippen MR) is 126 cm³/mol. The summed E-state index contributed by atoms with van der Waals surface area (Å²) >= 11 is 0. The van der Waals surface area contributed by atoms with E-state index in [0.717, 1.165) is 30.4 Å². The summed E-state index contributed by atoms with van der Waals surface area (Å²) in [7, 11) is 0. The van der Waals surface area contributed by atoms with Gasteiger partial charge in [-0.1, -0.05) is 67.6 Å². The Balaban J connectivity index is 1.79. The van der Waals surface area contributed by atoms with Gasteiger partial charge in [-0.2, -0.15) is 0 Å². The minimum atomic E-state index is -0.841. The van der Waals surface area contributed by atoms with E-state index in [1.807, 2.05) is 93.8 Å². The molecular weight excluding hydrogens is 382 g/mol. The van der Waals surface area contributed by atoms with Gasteiger partial charge >= 0.3 is 5.97 Å². The van der Waals surface area contributed by atoms with Crippen LogP contribution in [0, 0.1) is 5.41 Å². The van der Waals surface area contributed by atoms with Gasteiger partial charge in [0, 0.05) is 12.4 Å². The average Bonchev–Trinajstić information content (AvgIpc) is 2.81. The van der Waals surface area contributed by atoms with Crippen LogP contribution in [0.25, 0.3) is 0 Å². The second-order valence-electron chi connectivity index (χ2n) is 8.96. The molecule has 0 N–H and O–H groups in total. The summed E-state index contributed by atoms with van der Waals surface area (Å²) in [5.74, 6) is 0.233. The van der Waals surface area contributed by atoms with Crippen LogP contribution in [-0.4, -0.2) is 11.0 Å². The number of ether oxygens (including phenoxy) is 1. The van der Waals surface area contributed by atoms with Gasteiger partial charge in [0.25, 0.3) is 0 Å². The molecular formula is C28H33NO2. The van der Waals surface area contributed by atoms with E-state index in [0.29, 0.717) is 5.92 Å². The van der Waals surface area contributed by atoms with Gasteiger partial charge in [-0.3, -0.25) is 9.78 Å². The van der Waals surface area contributed by atoms with Crippen molar-refractivity contribution in [2.75, 3.05) is 0 Å². The maximum Gasteiger partial charge on any atom is 0.312 e.